The maximum absolute atomic E-state index is 6.03. The van der Waals surface area contributed by atoms with Gasteiger partial charge in [-0.2, -0.15) is 15.1 Å². The van der Waals surface area contributed by atoms with Gasteiger partial charge in [0.2, 0.25) is 5.95 Å². The number of aryl methyl sites for hydroxylation is 1. The third-order valence-corrected chi connectivity index (χ3v) is 4.77. The van der Waals surface area contributed by atoms with Crippen molar-refractivity contribution in [2.75, 3.05) is 24.1 Å². The smallest absolute Gasteiger partial charge is 0.226 e. The van der Waals surface area contributed by atoms with E-state index in [0.717, 1.165) is 17.6 Å². The minimum Gasteiger partial charge on any atom is -0.383 e. The number of hydrogen-bond donors (Lipinski definition) is 2. The van der Waals surface area contributed by atoms with E-state index in [2.05, 4.69) is 49.5 Å². The highest BCUT2D eigenvalue weighted by molar-refractivity contribution is 5.86. The number of nitrogen functional groups attached to an aromatic ring is 1. The lowest BCUT2D eigenvalue weighted by molar-refractivity contribution is 0.330. The molecule has 7 nitrogen and oxygen atoms in total. The Bertz CT molecular complexity index is 880. The lowest BCUT2D eigenvalue weighted by Crippen LogP contribution is -2.19. The molecule has 1 aromatic carbocycles. The number of benzene rings is 1. The van der Waals surface area contributed by atoms with E-state index in [4.69, 9.17) is 5.73 Å². The second-order valence-corrected chi connectivity index (χ2v) is 6.54. The number of rotatable bonds is 5. The van der Waals surface area contributed by atoms with Gasteiger partial charge in [-0.25, -0.2) is 0 Å². The van der Waals surface area contributed by atoms with Crippen LogP contribution in [0.4, 0.5) is 11.8 Å². The number of nitrogens with two attached hydrogens (primary N) is 1. The molecule has 0 bridgehead atoms. The van der Waals surface area contributed by atoms with Crippen LogP contribution in [0.15, 0.2) is 30.5 Å². The van der Waals surface area contributed by atoms with E-state index < -0.39 is 0 Å². The number of aromatic nitrogens is 4. The molecule has 4 rings (SSSR count). The topological polar surface area (TPSA) is 84.9 Å². The first kappa shape index (κ1) is 15.8. The average Bonchev–Trinajstić information content (AvgIpc) is 3.25. The van der Waals surface area contributed by atoms with Crippen LogP contribution in [-0.2, 0) is 20.1 Å². The summed E-state index contributed by atoms with van der Waals surface area (Å²) in [5.41, 5.74) is 9.38. The van der Waals surface area contributed by atoms with Gasteiger partial charge >= 0.3 is 0 Å². The van der Waals surface area contributed by atoms with Gasteiger partial charge in [0.15, 0.2) is 5.65 Å². The summed E-state index contributed by atoms with van der Waals surface area (Å²) in [6, 6.07) is 8.54. The molecule has 0 atom stereocenters. The first-order valence-electron chi connectivity index (χ1n) is 8.69. The number of anilines is 2. The zero-order chi connectivity index (χ0) is 17.2. The highest BCUT2D eigenvalue weighted by Gasteiger charge is 2.14. The van der Waals surface area contributed by atoms with Crippen LogP contribution in [0.5, 0.6) is 0 Å². The third kappa shape index (κ3) is 3.28. The maximum Gasteiger partial charge on any atom is 0.226 e. The van der Waals surface area contributed by atoms with Gasteiger partial charge in [0.05, 0.1) is 11.6 Å². The highest BCUT2D eigenvalue weighted by atomic mass is 15.3. The minimum absolute atomic E-state index is 0.450. The van der Waals surface area contributed by atoms with E-state index in [1.165, 1.54) is 37.1 Å². The van der Waals surface area contributed by atoms with Crippen LogP contribution in [0.1, 0.15) is 24.0 Å². The summed E-state index contributed by atoms with van der Waals surface area (Å²) >= 11 is 0. The van der Waals surface area contributed by atoms with Gasteiger partial charge in [-0.15, -0.1) is 0 Å². The van der Waals surface area contributed by atoms with E-state index >= 15 is 0 Å². The molecule has 7 heteroatoms. The third-order valence-electron chi connectivity index (χ3n) is 4.77. The molecule has 0 amide bonds. The van der Waals surface area contributed by atoms with Crippen molar-refractivity contribution in [3.05, 3.63) is 41.6 Å². The van der Waals surface area contributed by atoms with Crippen molar-refractivity contribution >= 4 is 22.8 Å². The Balaban J connectivity index is 1.52. The summed E-state index contributed by atoms with van der Waals surface area (Å²) < 4.78 is 1.71. The molecule has 25 heavy (non-hydrogen) atoms. The van der Waals surface area contributed by atoms with Crippen molar-refractivity contribution in [2.24, 2.45) is 7.05 Å². The molecule has 0 saturated carbocycles. The molecule has 0 spiro atoms. The van der Waals surface area contributed by atoms with E-state index in [-0.39, 0.29) is 0 Å². The molecule has 0 aliphatic carbocycles. The van der Waals surface area contributed by atoms with Gasteiger partial charge in [0, 0.05) is 20.1 Å². The highest BCUT2D eigenvalue weighted by Crippen LogP contribution is 2.20. The number of hydrogen-bond acceptors (Lipinski definition) is 6. The molecular weight excluding hydrogens is 314 g/mol. The number of nitrogens with zero attached hydrogens (tertiary/aromatic N) is 5. The summed E-state index contributed by atoms with van der Waals surface area (Å²) in [6.45, 7) is 4.06. The molecule has 3 heterocycles. The maximum atomic E-state index is 6.03. The summed E-state index contributed by atoms with van der Waals surface area (Å²) in [4.78, 5) is 11.4. The molecule has 3 aromatic rings. The van der Waals surface area contributed by atoms with Crippen molar-refractivity contribution in [1.29, 1.82) is 0 Å². The molecule has 130 valence electrons. The molecule has 1 aliphatic rings. The van der Waals surface area contributed by atoms with Crippen LogP contribution in [0.3, 0.4) is 0 Å². The van der Waals surface area contributed by atoms with E-state index in [1.807, 2.05) is 7.05 Å². The number of likely N-dealkylation sites (tertiary alicyclic amines) is 1. The number of nitrogens with one attached hydrogen (secondary N) is 1. The van der Waals surface area contributed by atoms with Gasteiger partial charge in [0.1, 0.15) is 5.82 Å². The van der Waals surface area contributed by atoms with Gasteiger partial charge in [-0.1, -0.05) is 24.3 Å². The van der Waals surface area contributed by atoms with Crippen molar-refractivity contribution in [3.63, 3.8) is 0 Å². The Labute approximate surface area is 146 Å². The fraction of sp³-hybridized carbons (Fsp3) is 0.389. The average molecular weight is 337 g/mol. The summed E-state index contributed by atoms with van der Waals surface area (Å²) in [6.07, 6.45) is 4.30. The fourth-order valence-electron chi connectivity index (χ4n) is 3.36. The van der Waals surface area contributed by atoms with E-state index in [9.17, 15) is 0 Å². The first-order chi connectivity index (χ1) is 12.2. The first-order valence-corrected chi connectivity index (χ1v) is 8.69. The van der Waals surface area contributed by atoms with Crippen molar-refractivity contribution in [2.45, 2.75) is 25.9 Å². The van der Waals surface area contributed by atoms with Crippen molar-refractivity contribution in [3.8, 4) is 0 Å². The summed E-state index contributed by atoms with van der Waals surface area (Å²) in [5, 5.41) is 8.28. The quantitative estimate of drug-likeness (QED) is 0.742. The molecule has 0 unspecified atom stereocenters. The van der Waals surface area contributed by atoms with E-state index in [1.54, 1.807) is 10.9 Å². The minimum atomic E-state index is 0.450. The molecular formula is C18H23N7. The molecule has 0 radical (unpaired) electrons. The predicted molar refractivity (Wildman–Crippen MR) is 99.0 cm³/mol. The molecule has 2 aromatic heterocycles. The zero-order valence-electron chi connectivity index (χ0n) is 14.4. The van der Waals surface area contributed by atoms with Crippen LogP contribution in [0.25, 0.3) is 11.0 Å². The van der Waals surface area contributed by atoms with Gasteiger partial charge < -0.3 is 11.1 Å². The van der Waals surface area contributed by atoms with Crippen LogP contribution < -0.4 is 11.1 Å². The standard InChI is InChI=1S/C18H23N7/c1-24-17-15(11-21-24)16(19)22-18(23-17)20-10-13-6-2-3-7-14(13)12-25-8-4-5-9-25/h2-3,6-7,11H,4-5,8-10,12H2,1H3,(H3,19,20,22,23). The fourth-order valence-corrected chi connectivity index (χ4v) is 3.36. The van der Waals surface area contributed by atoms with Gasteiger partial charge in [-0.05, 0) is 37.1 Å². The molecule has 1 aliphatic heterocycles. The van der Waals surface area contributed by atoms with Crippen LogP contribution in [0.2, 0.25) is 0 Å². The Morgan fingerprint density at radius 1 is 1.12 bits per heavy atom. The van der Waals surface area contributed by atoms with E-state index in [0.29, 0.717) is 18.3 Å². The second-order valence-electron chi connectivity index (χ2n) is 6.54. The predicted octanol–water partition coefficient (Wildman–Crippen LogP) is 2.15. The lowest BCUT2D eigenvalue weighted by Gasteiger charge is -2.17. The molecule has 1 saturated heterocycles. The Morgan fingerprint density at radius 3 is 2.68 bits per heavy atom. The Kier molecular flexibility index (Phi) is 4.23. The Morgan fingerprint density at radius 2 is 1.88 bits per heavy atom. The van der Waals surface area contributed by atoms with Crippen LogP contribution in [-0.4, -0.2) is 37.7 Å². The zero-order valence-corrected chi connectivity index (χ0v) is 14.4. The largest absolute Gasteiger partial charge is 0.383 e. The SMILES string of the molecule is Cn1ncc2c(N)nc(NCc3ccccc3CN3CCCC3)nc21. The monoisotopic (exact) mass is 337 g/mol. The molecule has 3 N–H and O–H groups in total. The van der Waals surface area contributed by atoms with Crippen LogP contribution >= 0.6 is 0 Å². The van der Waals surface area contributed by atoms with Crippen molar-refractivity contribution < 1.29 is 0 Å². The van der Waals surface area contributed by atoms with Crippen LogP contribution in [0, 0.1) is 0 Å². The summed E-state index contributed by atoms with van der Waals surface area (Å²) in [5.74, 6) is 0.982. The Hall–Kier alpha value is -2.67. The van der Waals surface area contributed by atoms with Crippen molar-refractivity contribution in [1.82, 2.24) is 24.6 Å². The lowest BCUT2D eigenvalue weighted by atomic mass is 10.1. The number of fused-ring (bicyclic) bond motifs is 1. The van der Waals surface area contributed by atoms with Gasteiger partial charge in [0.25, 0.3) is 0 Å². The molecule has 1 fully saturated rings. The normalized spacial score (nSPS) is 15.1. The second kappa shape index (κ2) is 6.68. The summed E-state index contributed by atoms with van der Waals surface area (Å²) in [7, 11) is 1.85. The van der Waals surface area contributed by atoms with Gasteiger partial charge in [-0.3, -0.25) is 9.58 Å².